The lowest BCUT2D eigenvalue weighted by molar-refractivity contribution is -0.157. The summed E-state index contributed by atoms with van der Waals surface area (Å²) in [5.74, 6) is -0.232. The molecule has 0 aliphatic heterocycles. The molecule has 1 rings (SSSR count). The molecule has 0 aromatic rings. The first kappa shape index (κ1) is 14.5. The van der Waals surface area contributed by atoms with Crippen molar-refractivity contribution >= 4 is 5.97 Å². The fourth-order valence-corrected chi connectivity index (χ4v) is 2.40. The number of ether oxygens (including phenoxy) is 1. The van der Waals surface area contributed by atoms with Crippen LogP contribution in [0.2, 0.25) is 0 Å². The zero-order valence-electron chi connectivity index (χ0n) is 11.7. The SMILES string of the molecule is CCCC(C)(N)C(=O)OC1CCC(C)(C)CC1. The summed E-state index contributed by atoms with van der Waals surface area (Å²) in [4.78, 5) is 11.9. The number of carbonyl (C=O) groups excluding carboxylic acids is 1. The summed E-state index contributed by atoms with van der Waals surface area (Å²) in [7, 11) is 0. The molecule has 0 radical (unpaired) electrons. The molecule has 0 aromatic heterocycles. The summed E-state index contributed by atoms with van der Waals surface area (Å²) < 4.78 is 5.54. The van der Waals surface area contributed by atoms with Crippen LogP contribution in [0.4, 0.5) is 0 Å². The van der Waals surface area contributed by atoms with E-state index in [1.54, 1.807) is 6.92 Å². The van der Waals surface area contributed by atoms with E-state index in [1.165, 1.54) is 0 Å². The third-order valence-corrected chi connectivity index (χ3v) is 3.80. The number of carbonyl (C=O) groups is 1. The standard InChI is InChI=1S/C14H27NO2/c1-5-8-14(4,15)12(16)17-11-6-9-13(2,3)10-7-11/h11H,5-10,15H2,1-4H3. The first-order valence-corrected chi connectivity index (χ1v) is 6.77. The molecule has 1 aliphatic rings. The molecule has 0 aromatic carbocycles. The Hall–Kier alpha value is -0.570. The Labute approximate surface area is 105 Å². The van der Waals surface area contributed by atoms with Crippen molar-refractivity contribution in [3.63, 3.8) is 0 Å². The smallest absolute Gasteiger partial charge is 0.326 e. The minimum absolute atomic E-state index is 0.0789. The summed E-state index contributed by atoms with van der Waals surface area (Å²) in [5, 5.41) is 0. The quantitative estimate of drug-likeness (QED) is 0.770. The van der Waals surface area contributed by atoms with Gasteiger partial charge in [0.05, 0.1) is 0 Å². The molecular weight excluding hydrogens is 214 g/mol. The van der Waals surface area contributed by atoms with Gasteiger partial charge in [0, 0.05) is 0 Å². The predicted molar refractivity (Wildman–Crippen MR) is 69.6 cm³/mol. The zero-order chi connectivity index (χ0) is 13.1. The van der Waals surface area contributed by atoms with Crippen LogP contribution in [0.3, 0.4) is 0 Å². The Bertz CT molecular complexity index is 261. The molecule has 1 unspecified atom stereocenters. The summed E-state index contributed by atoms with van der Waals surface area (Å²) in [6.07, 6.45) is 5.86. The molecule has 0 bridgehead atoms. The van der Waals surface area contributed by atoms with Gasteiger partial charge in [-0.15, -0.1) is 0 Å². The van der Waals surface area contributed by atoms with Gasteiger partial charge >= 0.3 is 5.97 Å². The molecule has 0 heterocycles. The summed E-state index contributed by atoms with van der Waals surface area (Å²) in [5.41, 5.74) is 5.55. The summed E-state index contributed by atoms with van der Waals surface area (Å²) in [6, 6.07) is 0. The summed E-state index contributed by atoms with van der Waals surface area (Å²) in [6.45, 7) is 8.34. The average Bonchev–Trinajstić information content (AvgIpc) is 2.21. The highest BCUT2D eigenvalue weighted by Gasteiger charge is 2.34. The molecule has 17 heavy (non-hydrogen) atoms. The van der Waals surface area contributed by atoms with E-state index in [4.69, 9.17) is 10.5 Å². The molecular formula is C14H27NO2. The van der Waals surface area contributed by atoms with Crippen LogP contribution in [0.5, 0.6) is 0 Å². The number of hydrogen-bond donors (Lipinski definition) is 1. The third-order valence-electron chi connectivity index (χ3n) is 3.80. The van der Waals surface area contributed by atoms with E-state index in [-0.39, 0.29) is 12.1 Å². The van der Waals surface area contributed by atoms with Gasteiger partial charge in [-0.25, -0.2) is 0 Å². The van der Waals surface area contributed by atoms with E-state index in [0.29, 0.717) is 11.8 Å². The zero-order valence-corrected chi connectivity index (χ0v) is 11.7. The van der Waals surface area contributed by atoms with Gasteiger partial charge in [-0.2, -0.15) is 0 Å². The first-order chi connectivity index (χ1) is 7.77. The minimum Gasteiger partial charge on any atom is -0.461 e. The van der Waals surface area contributed by atoms with Crippen molar-refractivity contribution in [1.29, 1.82) is 0 Å². The fraction of sp³-hybridized carbons (Fsp3) is 0.929. The van der Waals surface area contributed by atoms with Gasteiger partial charge in [0.15, 0.2) is 0 Å². The molecule has 0 saturated heterocycles. The fourth-order valence-electron chi connectivity index (χ4n) is 2.40. The maximum atomic E-state index is 11.9. The molecule has 1 fully saturated rings. The summed E-state index contributed by atoms with van der Waals surface area (Å²) >= 11 is 0. The Morgan fingerprint density at radius 2 is 1.94 bits per heavy atom. The van der Waals surface area contributed by atoms with Gasteiger partial charge in [-0.05, 0) is 44.4 Å². The van der Waals surface area contributed by atoms with Gasteiger partial charge in [0.2, 0.25) is 0 Å². The highest BCUT2D eigenvalue weighted by molar-refractivity contribution is 5.80. The van der Waals surface area contributed by atoms with Crippen molar-refractivity contribution in [1.82, 2.24) is 0 Å². The maximum absolute atomic E-state index is 11.9. The lowest BCUT2D eigenvalue weighted by Gasteiger charge is -2.35. The van der Waals surface area contributed by atoms with E-state index < -0.39 is 5.54 Å². The van der Waals surface area contributed by atoms with Gasteiger partial charge in [0.25, 0.3) is 0 Å². The molecule has 1 atom stereocenters. The van der Waals surface area contributed by atoms with Gasteiger partial charge < -0.3 is 10.5 Å². The van der Waals surface area contributed by atoms with Gasteiger partial charge in [0.1, 0.15) is 11.6 Å². The third kappa shape index (κ3) is 4.30. The van der Waals surface area contributed by atoms with Crippen molar-refractivity contribution in [2.24, 2.45) is 11.1 Å². The molecule has 3 heteroatoms. The molecule has 1 aliphatic carbocycles. The van der Waals surface area contributed by atoms with Crippen molar-refractivity contribution in [3.8, 4) is 0 Å². The lowest BCUT2D eigenvalue weighted by atomic mass is 9.76. The lowest BCUT2D eigenvalue weighted by Crippen LogP contribution is -2.47. The molecule has 0 amide bonds. The van der Waals surface area contributed by atoms with Gasteiger partial charge in [-0.3, -0.25) is 4.79 Å². The van der Waals surface area contributed by atoms with Crippen LogP contribution in [0, 0.1) is 5.41 Å². The largest absolute Gasteiger partial charge is 0.461 e. The second kappa shape index (κ2) is 5.38. The van der Waals surface area contributed by atoms with Crippen LogP contribution in [0.1, 0.15) is 66.2 Å². The maximum Gasteiger partial charge on any atom is 0.326 e. The van der Waals surface area contributed by atoms with Crippen LogP contribution in [0.15, 0.2) is 0 Å². The topological polar surface area (TPSA) is 52.3 Å². The average molecular weight is 241 g/mol. The van der Waals surface area contributed by atoms with Crippen LogP contribution < -0.4 is 5.73 Å². The molecule has 1 saturated carbocycles. The highest BCUT2D eigenvalue weighted by Crippen LogP contribution is 2.36. The van der Waals surface area contributed by atoms with Crippen LogP contribution in [0.25, 0.3) is 0 Å². The van der Waals surface area contributed by atoms with Crippen LogP contribution >= 0.6 is 0 Å². The molecule has 0 spiro atoms. The van der Waals surface area contributed by atoms with E-state index in [9.17, 15) is 4.79 Å². The normalized spacial score (nSPS) is 24.1. The minimum atomic E-state index is -0.818. The molecule has 3 nitrogen and oxygen atoms in total. The second-order valence-corrected chi connectivity index (χ2v) is 6.44. The second-order valence-electron chi connectivity index (χ2n) is 6.44. The molecule has 100 valence electrons. The monoisotopic (exact) mass is 241 g/mol. The van der Waals surface area contributed by atoms with Crippen molar-refractivity contribution < 1.29 is 9.53 Å². The van der Waals surface area contributed by atoms with Crippen molar-refractivity contribution in [2.45, 2.75) is 77.9 Å². The molecule has 2 N–H and O–H groups in total. The Morgan fingerprint density at radius 1 is 1.41 bits per heavy atom. The van der Waals surface area contributed by atoms with Gasteiger partial charge in [-0.1, -0.05) is 27.2 Å². The number of hydrogen-bond acceptors (Lipinski definition) is 3. The number of esters is 1. The van der Waals surface area contributed by atoms with E-state index in [0.717, 1.165) is 32.1 Å². The van der Waals surface area contributed by atoms with E-state index in [2.05, 4.69) is 13.8 Å². The number of rotatable bonds is 4. The van der Waals surface area contributed by atoms with Crippen LogP contribution in [-0.2, 0) is 9.53 Å². The van der Waals surface area contributed by atoms with Crippen molar-refractivity contribution in [2.75, 3.05) is 0 Å². The predicted octanol–water partition coefficient (Wildman–Crippen LogP) is 3.02. The first-order valence-electron chi connectivity index (χ1n) is 6.77. The van der Waals surface area contributed by atoms with Crippen LogP contribution in [-0.4, -0.2) is 17.6 Å². The Balaban J connectivity index is 2.43. The Kier molecular flexibility index (Phi) is 4.59. The Morgan fingerprint density at radius 3 is 2.41 bits per heavy atom. The van der Waals surface area contributed by atoms with Crippen molar-refractivity contribution in [3.05, 3.63) is 0 Å². The van der Waals surface area contributed by atoms with E-state index >= 15 is 0 Å². The number of nitrogens with two attached hydrogens (primary N) is 1. The van der Waals surface area contributed by atoms with E-state index in [1.807, 2.05) is 6.92 Å². The highest BCUT2D eigenvalue weighted by atomic mass is 16.5.